The fraction of sp³-hybridized carbons (Fsp3) is 0.733. The third-order valence-electron chi connectivity index (χ3n) is 4.37. The zero-order valence-corrected chi connectivity index (χ0v) is 15.0. The molecule has 2 N–H and O–H groups in total. The lowest BCUT2D eigenvalue weighted by Gasteiger charge is -2.38. The van der Waals surface area contributed by atoms with Gasteiger partial charge in [-0.2, -0.15) is 0 Å². The monoisotopic (exact) mass is 330 g/mol. The van der Waals surface area contributed by atoms with E-state index in [2.05, 4.69) is 23.9 Å². The number of hydrogen-bond donors (Lipinski definition) is 2. The predicted molar refractivity (Wildman–Crippen MR) is 88.2 cm³/mol. The number of aryl methyl sites for hydroxylation is 1. The number of rotatable bonds is 5. The molecule has 1 unspecified atom stereocenters. The van der Waals surface area contributed by atoms with Crippen LogP contribution in [-0.4, -0.2) is 21.5 Å². The molecule has 0 saturated heterocycles. The van der Waals surface area contributed by atoms with Gasteiger partial charge in [-0.25, -0.2) is 13.1 Å². The molecule has 1 aromatic heterocycles. The maximum atomic E-state index is 12.7. The Morgan fingerprint density at radius 3 is 2.71 bits per heavy atom. The lowest BCUT2D eigenvalue weighted by molar-refractivity contribution is 0.188. The van der Waals surface area contributed by atoms with Crippen LogP contribution in [0.4, 0.5) is 0 Å². The van der Waals surface area contributed by atoms with Gasteiger partial charge in [0.2, 0.25) is 10.0 Å². The summed E-state index contributed by atoms with van der Waals surface area (Å²) in [4.78, 5) is 2.36. The van der Waals surface area contributed by atoms with Crippen molar-refractivity contribution in [2.24, 2.45) is 5.41 Å². The van der Waals surface area contributed by atoms with Crippen LogP contribution < -0.4 is 10.0 Å². The van der Waals surface area contributed by atoms with Crippen LogP contribution >= 0.6 is 11.3 Å². The third-order valence-corrected chi connectivity index (χ3v) is 7.15. The Bertz CT molecular complexity index is 591. The molecule has 1 atom stereocenters. The molecule has 1 heterocycles. The van der Waals surface area contributed by atoms with E-state index in [0.717, 1.165) is 29.0 Å². The van der Waals surface area contributed by atoms with Crippen LogP contribution in [0.25, 0.3) is 0 Å². The van der Waals surface area contributed by atoms with Gasteiger partial charge in [-0.15, -0.1) is 11.3 Å². The summed E-state index contributed by atoms with van der Waals surface area (Å²) in [7, 11) is -1.56. The Hall–Kier alpha value is -0.430. The molecule has 1 aliphatic rings. The molecule has 120 valence electrons. The van der Waals surface area contributed by atoms with Gasteiger partial charge in [0.1, 0.15) is 0 Å². The molecular formula is C15H26N2O2S2. The van der Waals surface area contributed by atoms with Crippen molar-refractivity contribution in [3.05, 3.63) is 15.8 Å². The topological polar surface area (TPSA) is 58.2 Å². The van der Waals surface area contributed by atoms with Gasteiger partial charge in [0.15, 0.2) is 0 Å². The van der Waals surface area contributed by atoms with E-state index in [4.69, 9.17) is 0 Å². The van der Waals surface area contributed by atoms with Gasteiger partial charge in [0, 0.05) is 22.3 Å². The van der Waals surface area contributed by atoms with Crippen LogP contribution in [0.2, 0.25) is 0 Å². The fourth-order valence-corrected chi connectivity index (χ4v) is 6.10. The van der Waals surface area contributed by atoms with E-state index in [1.54, 1.807) is 17.4 Å². The summed E-state index contributed by atoms with van der Waals surface area (Å²) < 4.78 is 28.4. The Morgan fingerprint density at radius 1 is 1.38 bits per heavy atom. The van der Waals surface area contributed by atoms with Gasteiger partial charge in [0.25, 0.3) is 0 Å². The standard InChI is InChI=1S/C15H26N2O2S2/c1-11-13(9-12(20-11)10-16-4)21(18,19)17-14-7-5-6-8-15(14,2)3/h9,14,16-17H,5-8,10H2,1-4H3. The van der Waals surface area contributed by atoms with Crippen molar-refractivity contribution in [2.45, 2.75) is 63.9 Å². The molecule has 21 heavy (non-hydrogen) atoms. The summed E-state index contributed by atoms with van der Waals surface area (Å²) in [6.45, 7) is 6.90. The Balaban J connectivity index is 2.22. The van der Waals surface area contributed by atoms with Crippen LogP contribution in [0.5, 0.6) is 0 Å². The quantitative estimate of drug-likeness (QED) is 0.872. The van der Waals surface area contributed by atoms with Gasteiger partial charge in [0.05, 0.1) is 4.90 Å². The molecule has 1 aliphatic carbocycles. The SMILES string of the molecule is CNCc1cc(S(=O)(=O)NC2CCCCC2(C)C)c(C)s1. The summed E-state index contributed by atoms with van der Waals surface area (Å²) in [6, 6.07) is 1.83. The van der Waals surface area contributed by atoms with Crippen LogP contribution in [0.3, 0.4) is 0 Å². The second-order valence-electron chi connectivity index (χ2n) is 6.57. The van der Waals surface area contributed by atoms with Crippen molar-refractivity contribution in [1.29, 1.82) is 0 Å². The lowest BCUT2D eigenvalue weighted by atomic mass is 9.74. The zero-order chi connectivity index (χ0) is 15.7. The van der Waals surface area contributed by atoms with Gasteiger partial charge < -0.3 is 5.32 Å². The average Bonchev–Trinajstić information content (AvgIpc) is 2.74. The van der Waals surface area contributed by atoms with Crippen LogP contribution in [0, 0.1) is 12.3 Å². The van der Waals surface area contributed by atoms with E-state index in [-0.39, 0.29) is 11.5 Å². The molecule has 0 aliphatic heterocycles. The van der Waals surface area contributed by atoms with E-state index in [1.807, 2.05) is 14.0 Å². The van der Waals surface area contributed by atoms with Gasteiger partial charge in [-0.3, -0.25) is 0 Å². The smallest absolute Gasteiger partial charge is 0.241 e. The van der Waals surface area contributed by atoms with Crippen molar-refractivity contribution in [3.63, 3.8) is 0 Å². The average molecular weight is 331 g/mol. The van der Waals surface area contributed by atoms with Gasteiger partial charge >= 0.3 is 0 Å². The van der Waals surface area contributed by atoms with E-state index >= 15 is 0 Å². The van der Waals surface area contributed by atoms with Crippen molar-refractivity contribution < 1.29 is 8.42 Å². The van der Waals surface area contributed by atoms with Crippen LogP contribution in [0.15, 0.2) is 11.0 Å². The summed E-state index contributed by atoms with van der Waals surface area (Å²) >= 11 is 1.55. The van der Waals surface area contributed by atoms with Gasteiger partial charge in [-0.05, 0) is 38.3 Å². The molecule has 0 bridgehead atoms. The van der Waals surface area contributed by atoms with Crippen LogP contribution in [0.1, 0.15) is 49.3 Å². The van der Waals surface area contributed by atoms with E-state index in [9.17, 15) is 8.42 Å². The summed E-state index contributed by atoms with van der Waals surface area (Å²) in [5.74, 6) is 0. The summed E-state index contributed by atoms with van der Waals surface area (Å²) in [5.41, 5.74) is 0.0308. The minimum Gasteiger partial charge on any atom is -0.315 e. The first kappa shape index (κ1) is 16.9. The van der Waals surface area contributed by atoms with E-state index in [1.165, 1.54) is 6.42 Å². The zero-order valence-electron chi connectivity index (χ0n) is 13.3. The first-order valence-electron chi connectivity index (χ1n) is 7.52. The molecule has 0 spiro atoms. The molecular weight excluding hydrogens is 304 g/mol. The predicted octanol–water partition coefficient (Wildman–Crippen LogP) is 3.02. The highest BCUT2D eigenvalue weighted by molar-refractivity contribution is 7.89. The summed E-state index contributed by atoms with van der Waals surface area (Å²) in [5, 5.41) is 3.07. The second kappa shape index (κ2) is 6.36. The van der Waals surface area contributed by atoms with Crippen molar-refractivity contribution >= 4 is 21.4 Å². The molecule has 4 nitrogen and oxygen atoms in total. The van der Waals surface area contributed by atoms with Gasteiger partial charge in [-0.1, -0.05) is 26.7 Å². The molecule has 1 fully saturated rings. The Labute approximate surface area is 132 Å². The summed E-state index contributed by atoms with van der Waals surface area (Å²) in [6.07, 6.45) is 4.30. The number of thiophene rings is 1. The molecule has 0 radical (unpaired) electrons. The maximum absolute atomic E-state index is 12.7. The van der Waals surface area contributed by atoms with Crippen LogP contribution in [-0.2, 0) is 16.6 Å². The maximum Gasteiger partial charge on any atom is 0.241 e. The largest absolute Gasteiger partial charge is 0.315 e. The lowest BCUT2D eigenvalue weighted by Crippen LogP contribution is -2.46. The minimum atomic E-state index is -3.43. The fourth-order valence-electron chi connectivity index (χ4n) is 3.02. The number of hydrogen-bond acceptors (Lipinski definition) is 4. The molecule has 1 aromatic rings. The second-order valence-corrected chi connectivity index (χ2v) is 9.59. The first-order valence-corrected chi connectivity index (χ1v) is 9.82. The highest BCUT2D eigenvalue weighted by Crippen LogP contribution is 2.36. The highest BCUT2D eigenvalue weighted by atomic mass is 32.2. The third kappa shape index (κ3) is 3.86. The minimum absolute atomic E-state index is 0.0308. The van der Waals surface area contributed by atoms with Crippen molar-refractivity contribution in [3.8, 4) is 0 Å². The number of sulfonamides is 1. The molecule has 0 aromatic carbocycles. The first-order chi connectivity index (χ1) is 9.76. The normalized spacial score (nSPS) is 22.4. The Kier molecular flexibility index (Phi) is 5.13. The molecule has 0 amide bonds. The van der Waals surface area contributed by atoms with Crippen molar-refractivity contribution in [1.82, 2.24) is 10.0 Å². The highest BCUT2D eigenvalue weighted by Gasteiger charge is 2.35. The van der Waals surface area contributed by atoms with E-state index in [0.29, 0.717) is 11.4 Å². The molecule has 2 rings (SSSR count). The number of nitrogens with one attached hydrogen (secondary N) is 2. The van der Waals surface area contributed by atoms with E-state index < -0.39 is 10.0 Å². The molecule has 1 saturated carbocycles. The Morgan fingerprint density at radius 2 is 2.10 bits per heavy atom. The van der Waals surface area contributed by atoms with Crippen molar-refractivity contribution in [2.75, 3.05) is 7.05 Å². The molecule has 6 heteroatoms.